The fourth-order valence-electron chi connectivity index (χ4n) is 3.37. The Kier molecular flexibility index (Phi) is 4.34. The van der Waals surface area contributed by atoms with Crippen LogP contribution in [0.5, 0.6) is 0 Å². The van der Waals surface area contributed by atoms with Crippen molar-refractivity contribution in [2.75, 3.05) is 18.8 Å². The van der Waals surface area contributed by atoms with Crippen molar-refractivity contribution in [3.63, 3.8) is 0 Å². The van der Waals surface area contributed by atoms with Crippen molar-refractivity contribution in [3.05, 3.63) is 12.7 Å². The fraction of sp³-hybridized carbons (Fsp3) is 0.667. The highest BCUT2D eigenvalue weighted by Crippen LogP contribution is 2.23. The highest BCUT2D eigenvalue weighted by molar-refractivity contribution is 5.80. The van der Waals surface area contributed by atoms with E-state index in [1.807, 2.05) is 6.33 Å². The van der Waals surface area contributed by atoms with Crippen LogP contribution >= 0.6 is 0 Å². The maximum absolute atomic E-state index is 5.82. The maximum atomic E-state index is 5.82. The Morgan fingerprint density at radius 1 is 1.29 bits per heavy atom. The lowest BCUT2D eigenvalue weighted by molar-refractivity contribution is 0.203. The molecule has 0 bridgehead atoms. The van der Waals surface area contributed by atoms with Crippen LogP contribution in [0.3, 0.4) is 0 Å². The molecular weight excluding hydrogens is 264 g/mol. The molecule has 0 aromatic carbocycles. The van der Waals surface area contributed by atoms with E-state index in [1.54, 1.807) is 0 Å². The van der Waals surface area contributed by atoms with Gasteiger partial charge in [-0.25, -0.2) is 15.0 Å². The summed E-state index contributed by atoms with van der Waals surface area (Å²) in [6.07, 6.45) is 9.96. The van der Waals surface area contributed by atoms with Crippen molar-refractivity contribution < 1.29 is 0 Å². The smallest absolute Gasteiger partial charge is 0.165 e. The molecule has 3 rings (SSSR count). The third-order valence-electron chi connectivity index (χ3n) is 4.52. The molecule has 0 saturated heterocycles. The summed E-state index contributed by atoms with van der Waals surface area (Å²) in [5.41, 5.74) is 7.36. The normalized spacial score (nSPS) is 16.3. The van der Waals surface area contributed by atoms with Gasteiger partial charge in [-0.1, -0.05) is 19.8 Å². The molecule has 2 aromatic heterocycles. The van der Waals surface area contributed by atoms with Crippen LogP contribution in [0.15, 0.2) is 12.7 Å². The Bertz CT molecular complexity index is 587. The van der Waals surface area contributed by atoms with Crippen LogP contribution in [0.2, 0.25) is 0 Å². The van der Waals surface area contributed by atoms with Gasteiger partial charge in [0.1, 0.15) is 11.8 Å². The SMILES string of the molecule is CCN(CCCn1cnc2c(N)ncnc21)C1CCCC1. The van der Waals surface area contributed by atoms with Crippen LogP contribution in [0, 0.1) is 0 Å². The van der Waals surface area contributed by atoms with Gasteiger partial charge in [-0.05, 0) is 25.8 Å². The number of nitrogen functional groups attached to an aromatic ring is 1. The number of nitrogens with zero attached hydrogens (tertiary/aromatic N) is 5. The standard InChI is InChI=1S/C15H24N6/c1-2-20(12-6-3-4-7-12)8-5-9-21-11-19-13-14(16)17-10-18-15(13)21/h10-12H,2-9H2,1H3,(H2,16,17,18). The molecule has 114 valence electrons. The Balaban J connectivity index is 1.60. The molecule has 21 heavy (non-hydrogen) atoms. The number of fused-ring (bicyclic) bond motifs is 1. The predicted molar refractivity (Wildman–Crippen MR) is 83.9 cm³/mol. The van der Waals surface area contributed by atoms with Gasteiger partial charge in [-0.2, -0.15) is 0 Å². The molecule has 6 heteroatoms. The third kappa shape index (κ3) is 3.00. The zero-order valence-corrected chi connectivity index (χ0v) is 12.7. The van der Waals surface area contributed by atoms with Gasteiger partial charge in [0.15, 0.2) is 11.5 Å². The van der Waals surface area contributed by atoms with Crippen molar-refractivity contribution >= 4 is 17.0 Å². The summed E-state index contributed by atoms with van der Waals surface area (Å²) in [5.74, 6) is 0.458. The van der Waals surface area contributed by atoms with E-state index in [0.717, 1.165) is 37.7 Å². The number of hydrogen-bond donors (Lipinski definition) is 1. The Hall–Kier alpha value is -1.69. The molecule has 0 radical (unpaired) electrons. The first-order chi connectivity index (χ1) is 10.3. The number of nitrogens with two attached hydrogens (primary N) is 1. The Morgan fingerprint density at radius 3 is 2.86 bits per heavy atom. The van der Waals surface area contributed by atoms with Gasteiger partial charge in [0.2, 0.25) is 0 Å². The molecule has 2 heterocycles. The second-order valence-electron chi connectivity index (χ2n) is 5.79. The number of rotatable bonds is 6. The highest BCUT2D eigenvalue weighted by Gasteiger charge is 2.20. The molecule has 2 N–H and O–H groups in total. The Morgan fingerprint density at radius 2 is 2.10 bits per heavy atom. The van der Waals surface area contributed by atoms with Gasteiger partial charge in [-0.3, -0.25) is 0 Å². The van der Waals surface area contributed by atoms with Gasteiger partial charge < -0.3 is 15.2 Å². The average molecular weight is 288 g/mol. The van der Waals surface area contributed by atoms with Crippen LogP contribution < -0.4 is 5.73 Å². The summed E-state index contributed by atoms with van der Waals surface area (Å²) in [5, 5.41) is 0. The molecule has 0 unspecified atom stereocenters. The number of aromatic nitrogens is 4. The molecule has 1 aliphatic carbocycles. The molecule has 6 nitrogen and oxygen atoms in total. The first-order valence-electron chi connectivity index (χ1n) is 7.95. The zero-order chi connectivity index (χ0) is 14.7. The number of imidazole rings is 1. The second kappa shape index (κ2) is 6.39. The van der Waals surface area contributed by atoms with Crippen molar-refractivity contribution in [2.24, 2.45) is 0 Å². The molecule has 0 atom stereocenters. The first kappa shape index (κ1) is 14.3. The minimum atomic E-state index is 0.458. The topological polar surface area (TPSA) is 72.9 Å². The molecule has 0 spiro atoms. The number of aryl methyl sites for hydroxylation is 1. The van der Waals surface area contributed by atoms with Gasteiger partial charge in [0.05, 0.1) is 6.33 Å². The quantitative estimate of drug-likeness (QED) is 0.881. The van der Waals surface area contributed by atoms with E-state index in [1.165, 1.54) is 32.0 Å². The lowest BCUT2D eigenvalue weighted by Crippen LogP contribution is -2.34. The molecule has 0 aliphatic heterocycles. The van der Waals surface area contributed by atoms with Gasteiger partial charge in [0.25, 0.3) is 0 Å². The van der Waals surface area contributed by atoms with Crippen molar-refractivity contribution in [1.82, 2.24) is 24.4 Å². The first-order valence-corrected chi connectivity index (χ1v) is 7.95. The van der Waals surface area contributed by atoms with E-state index in [4.69, 9.17) is 5.73 Å². The predicted octanol–water partition coefficient (Wildman–Crippen LogP) is 2.06. The van der Waals surface area contributed by atoms with Gasteiger partial charge in [-0.15, -0.1) is 0 Å². The molecule has 1 saturated carbocycles. The monoisotopic (exact) mass is 288 g/mol. The van der Waals surface area contributed by atoms with Crippen molar-refractivity contribution in [1.29, 1.82) is 0 Å². The molecule has 0 amide bonds. The summed E-state index contributed by atoms with van der Waals surface area (Å²) >= 11 is 0. The maximum Gasteiger partial charge on any atom is 0.165 e. The zero-order valence-electron chi connectivity index (χ0n) is 12.7. The van der Waals surface area contributed by atoms with Crippen LogP contribution in [0.4, 0.5) is 5.82 Å². The summed E-state index contributed by atoms with van der Waals surface area (Å²) in [6, 6.07) is 0.799. The highest BCUT2D eigenvalue weighted by atomic mass is 15.2. The summed E-state index contributed by atoms with van der Waals surface area (Å²) in [6.45, 7) is 5.47. The van der Waals surface area contributed by atoms with E-state index >= 15 is 0 Å². The van der Waals surface area contributed by atoms with Crippen LogP contribution in [0.25, 0.3) is 11.2 Å². The van der Waals surface area contributed by atoms with Crippen molar-refractivity contribution in [3.8, 4) is 0 Å². The van der Waals surface area contributed by atoms with Gasteiger partial charge >= 0.3 is 0 Å². The summed E-state index contributed by atoms with van der Waals surface area (Å²) in [7, 11) is 0. The largest absolute Gasteiger partial charge is 0.382 e. The minimum absolute atomic E-state index is 0.458. The molecule has 2 aromatic rings. The lowest BCUT2D eigenvalue weighted by Gasteiger charge is -2.27. The third-order valence-corrected chi connectivity index (χ3v) is 4.52. The minimum Gasteiger partial charge on any atom is -0.382 e. The number of anilines is 1. The average Bonchev–Trinajstić information content (AvgIpc) is 3.14. The van der Waals surface area contributed by atoms with Crippen LogP contribution in [-0.2, 0) is 6.54 Å². The summed E-state index contributed by atoms with van der Waals surface area (Å²) in [4.78, 5) is 15.2. The fourth-order valence-corrected chi connectivity index (χ4v) is 3.37. The van der Waals surface area contributed by atoms with E-state index < -0.39 is 0 Å². The molecule has 1 aliphatic rings. The van der Waals surface area contributed by atoms with E-state index in [9.17, 15) is 0 Å². The Labute approximate surface area is 125 Å². The van der Waals surface area contributed by atoms with E-state index in [2.05, 4.69) is 31.3 Å². The van der Waals surface area contributed by atoms with Crippen molar-refractivity contribution in [2.45, 2.75) is 51.6 Å². The van der Waals surface area contributed by atoms with E-state index in [-0.39, 0.29) is 0 Å². The van der Waals surface area contributed by atoms with E-state index in [0.29, 0.717) is 11.3 Å². The van der Waals surface area contributed by atoms with Gasteiger partial charge in [0, 0.05) is 19.1 Å². The van der Waals surface area contributed by atoms with Crippen LogP contribution in [-0.4, -0.2) is 43.6 Å². The second-order valence-corrected chi connectivity index (χ2v) is 5.79. The molecular formula is C15H24N6. The number of hydrogen-bond acceptors (Lipinski definition) is 5. The summed E-state index contributed by atoms with van der Waals surface area (Å²) < 4.78 is 2.08. The lowest BCUT2D eigenvalue weighted by atomic mass is 10.2. The molecule has 1 fully saturated rings. The van der Waals surface area contributed by atoms with Crippen LogP contribution in [0.1, 0.15) is 39.0 Å².